The Bertz CT molecular complexity index is 1110. The number of nitrogens with zero attached hydrogens (tertiary/aromatic N) is 5. The highest BCUT2D eigenvalue weighted by Crippen LogP contribution is 2.19. The molecule has 0 fully saturated rings. The van der Waals surface area contributed by atoms with Crippen LogP contribution in [0, 0.1) is 6.92 Å². The quantitative estimate of drug-likeness (QED) is 0.672. The molecule has 1 amide bonds. The van der Waals surface area contributed by atoms with E-state index in [2.05, 4.69) is 20.7 Å². The van der Waals surface area contributed by atoms with Crippen molar-refractivity contribution in [2.24, 2.45) is 0 Å². The fraction of sp³-hybridized carbons (Fsp3) is 0.222. The number of carbonyl (C=O) groups excluding carboxylic acids is 1. The number of tetrazole rings is 1. The van der Waals surface area contributed by atoms with Crippen molar-refractivity contribution in [1.82, 2.24) is 24.5 Å². The molecule has 0 aliphatic carbocycles. The Kier molecular flexibility index (Phi) is 5.52. The Labute approximate surface area is 163 Å². The molecule has 0 aliphatic rings. The molecule has 0 aliphatic heterocycles. The van der Waals surface area contributed by atoms with E-state index in [9.17, 15) is 13.2 Å². The fourth-order valence-electron chi connectivity index (χ4n) is 2.52. The van der Waals surface area contributed by atoms with Crippen LogP contribution >= 0.6 is 0 Å². The molecule has 146 valence electrons. The molecule has 1 N–H and O–H groups in total. The lowest BCUT2D eigenvalue weighted by Gasteiger charge is -2.12. The summed E-state index contributed by atoms with van der Waals surface area (Å²) in [6.07, 6.45) is 0. The van der Waals surface area contributed by atoms with Gasteiger partial charge in [-0.1, -0.05) is 30.3 Å². The van der Waals surface area contributed by atoms with Gasteiger partial charge in [-0.2, -0.15) is 4.80 Å². The first-order valence-electron chi connectivity index (χ1n) is 8.43. The van der Waals surface area contributed by atoms with Gasteiger partial charge < -0.3 is 5.32 Å². The number of sulfonamides is 1. The minimum atomic E-state index is -3.58. The van der Waals surface area contributed by atoms with Crippen LogP contribution in [-0.2, 0) is 21.4 Å². The second-order valence-electron chi connectivity index (χ2n) is 6.32. The summed E-state index contributed by atoms with van der Waals surface area (Å²) in [4.78, 5) is 13.6. The predicted octanol–water partition coefficient (Wildman–Crippen LogP) is 1.54. The van der Waals surface area contributed by atoms with E-state index in [1.54, 1.807) is 12.1 Å². The van der Waals surface area contributed by atoms with Gasteiger partial charge in [-0.05, 0) is 35.9 Å². The summed E-state index contributed by atoms with van der Waals surface area (Å²) in [5.41, 5.74) is 2.22. The zero-order chi connectivity index (χ0) is 20.3. The molecule has 3 rings (SSSR count). The molecular weight excluding hydrogens is 380 g/mol. The lowest BCUT2D eigenvalue weighted by molar-refractivity contribution is -0.117. The van der Waals surface area contributed by atoms with Crippen LogP contribution in [0.3, 0.4) is 0 Å². The molecule has 0 atom stereocenters. The summed E-state index contributed by atoms with van der Waals surface area (Å²) in [6, 6.07) is 13.7. The van der Waals surface area contributed by atoms with Gasteiger partial charge in [-0.25, -0.2) is 12.7 Å². The van der Waals surface area contributed by atoms with Gasteiger partial charge in [0, 0.05) is 25.3 Å². The fourth-order valence-corrected chi connectivity index (χ4v) is 3.46. The van der Waals surface area contributed by atoms with Crippen LogP contribution in [0.25, 0.3) is 11.4 Å². The normalized spacial score (nSPS) is 11.6. The highest BCUT2D eigenvalue weighted by molar-refractivity contribution is 7.89. The van der Waals surface area contributed by atoms with E-state index in [1.165, 1.54) is 31.0 Å². The number of hydrogen-bond acceptors (Lipinski definition) is 6. The molecule has 1 heterocycles. The molecule has 2 aromatic carbocycles. The van der Waals surface area contributed by atoms with Crippen molar-refractivity contribution < 1.29 is 13.2 Å². The Hall–Kier alpha value is -3.11. The zero-order valence-corrected chi connectivity index (χ0v) is 16.5. The number of benzene rings is 2. The monoisotopic (exact) mass is 400 g/mol. The van der Waals surface area contributed by atoms with Crippen molar-refractivity contribution in [3.05, 3.63) is 54.1 Å². The van der Waals surface area contributed by atoms with Crippen LogP contribution in [0.1, 0.15) is 5.56 Å². The van der Waals surface area contributed by atoms with Crippen molar-refractivity contribution in [3.63, 3.8) is 0 Å². The third-order valence-corrected chi connectivity index (χ3v) is 5.83. The maximum Gasteiger partial charge on any atom is 0.248 e. The Morgan fingerprint density at radius 2 is 1.89 bits per heavy atom. The van der Waals surface area contributed by atoms with E-state index < -0.39 is 15.9 Å². The van der Waals surface area contributed by atoms with E-state index in [0.29, 0.717) is 11.5 Å². The highest BCUT2D eigenvalue weighted by Gasteiger charge is 2.18. The van der Waals surface area contributed by atoms with Crippen molar-refractivity contribution in [2.75, 3.05) is 19.4 Å². The molecule has 3 aromatic rings. The maximum absolute atomic E-state index is 12.3. The van der Waals surface area contributed by atoms with Crippen LogP contribution in [0.15, 0.2) is 53.4 Å². The van der Waals surface area contributed by atoms with Crippen molar-refractivity contribution >= 4 is 21.6 Å². The van der Waals surface area contributed by atoms with E-state index in [-0.39, 0.29) is 11.4 Å². The molecule has 0 saturated carbocycles. The van der Waals surface area contributed by atoms with E-state index in [1.807, 2.05) is 31.2 Å². The molecule has 0 unspecified atom stereocenters. The van der Waals surface area contributed by atoms with E-state index in [4.69, 9.17) is 0 Å². The van der Waals surface area contributed by atoms with Gasteiger partial charge in [0.2, 0.25) is 21.8 Å². The lowest BCUT2D eigenvalue weighted by atomic mass is 10.1. The number of nitrogens with one attached hydrogen (secondary N) is 1. The first-order chi connectivity index (χ1) is 13.3. The third kappa shape index (κ3) is 4.24. The Morgan fingerprint density at radius 3 is 2.61 bits per heavy atom. The molecule has 0 saturated heterocycles. The number of amides is 1. The average molecular weight is 400 g/mol. The van der Waals surface area contributed by atoms with Crippen LogP contribution in [0.4, 0.5) is 5.69 Å². The Morgan fingerprint density at radius 1 is 1.14 bits per heavy atom. The van der Waals surface area contributed by atoms with Gasteiger partial charge in [0.1, 0.15) is 6.54 Å². The van der Waals surface area contributed by atoms with Crippen molar-refractivity contribution in [2.45, 2.75) is 18.4 Å². The van der Waals surface area contributed by atoms with Crippen LogP contribution in [-0.4, -0.2) is 52.9 Å². The van der Waals surface area contributed by atoms with Crippen LogP contribution < -0.4 is 5.32 Å². The summed E-state index contributed by atoms with van der Waals surface area (Å²) in [6.45, 7) is 1.79. The average Bonchev–Trinajstić information content (AvgIpc) is 3.10. The largest absolute Gasteiger partial charge is 0.324 e. The third-order valence-electron chi connectivity index (χ3n) is 4.02. The van der Waals surface area contributed by atoms with Gasteiger partial charge in [-0.3, -0.25) is 4.79 Å². The standard InChI is InChI=1S/C18H20N6O3S/c1-13-7-4-5-10-16(13)18-20-22-24(21-18)12-17(25)19-14-8-6-9-15(11-14)28(26,27)23(2)3/h4-11H,12H2,1-3H3,(H,19,25). The Balaban J connectivity index is 1.71. The minimum Gasteiger partial charge on any atom is -0.324 e. The van der Waals surface area contributed by atoms with E-state index in [0.717, 1.165) is 15.4 Å². The second-order valence-corrected chi connectivity index (χ2v) is 8.47. The highest BCUT2D eigenvalue weighted by atomic mass is 32.2. The topological polar surface area (TPSA) is 110 Å². The lowest BCUT2D eigenvalue weighted by Crippen LogP contribution is -2.23. The number of anilines is 1. The first kappa shape index (κ1) is 19.6. The maximum atomic E-state index is 12.3. The predicted molar refractivity (Wildman–Crippen MR) is 104 cm³/mol. The summed E-state index contributed by atoms with van der Waals surface area (Å²) in [7, 11) is -0.688. The summed E-state index contributed by atoms with van der Waals surface area (Å²) in [5.74, 6) is 0.0399. The van der Waals surface area contributed by atoms with E-state index >= 15 is 0 Å². The number of aryl methyl sites for hydroxylation is 1. The number of hydrogen-bond donors (Lipinski definition) is 1. The first-order valence-corrected chi connectivity index (χ1v) is 9.87. The minimum absolute atomic E-state index is 0.0935. The van der Waals surface area contributed by atoms with Crippen molar-refractivity contribution in [1.29, 1.82) is 0 Å². The SMILES string of the molecule is Cc1ccccc1-c1nnn(CC(=O)Nc2cccc(S(=O)(=O)N(C)C)c2)n1. The molecule has 0 spiro atoms. The van der Waals surface area contributed by atoms with Gasteiger partial charge >= 0.3 is 0 Å². The molecule has 28 heavy (non-hydrogen) atoms. The molecule has 0 bridgehead atoms. The van der Waals surface area contributed by atoms with Gasteiger partial charge in [-0.15, -0.1) is 10.2 Å². The second kappa shape index (κ2) is 7.87. The molecule has 10 heteroatoms. The number of aromatic nitrogens is 4. The van der Waals surface area contributed by atoms with Gasteiger partial charge in [0.15, 0.2) is 0 Å². The van der Waals surface area contributed by atoms with Crippen LogP contribution in [0.2, 0.25) is 0 Å². The molecule has 1 aromatic heterocycles. The van der Waals surface area contributed by atoms with Gasteiger partial charge in [0.05, 0.1) is 4.90 Å². The van der Waals surface area contributed by atoms with Crippen LogP contribution in [0.5, 0.6) is 0 Å². The van der Waals surface area contributed by atoms with Crippen molar-refractivity contribution in [3.8, 4) is 11.4 Å². The summed E-state index contributed by atoms with van der Waals surface area (Å²) >= 11 is 0. The molecular formula is C18H20N6O3S. The summed E-state index contributed by atoms with van der Waals surface area (Å²) in [5, 5.41) is 14.8. The summed E-state index contributed by atoms with van der Waals surface area (Å²) < 4.78 is 25.5. The number of carbonyl (C=O) groups is 1. The van der Waals surface area contributed by atoms with Gasteiger partial charge in [0.25, 0.3) is 0 Å². The number of rotatable bonds is 6. The molecule has 0 radical (unpaired) electrons. The zero-order valence-electron chi connectivity index (χ0n) is 15.7. The molecule has 9 nitrogen and oxygen atoms in total. The smallest absolute Gasteiger partial charge is 0.248 e.